The summed E-state index contributed by atoms with van der Waals surface area (Å²) in [6, 6.07) is 33.7. The molecule has 0 aliphatic rings. The molecule has 0 radical (unpaired) electrons. The van der Waals surface area contributed by atoms with Crippen LogP contribution in [0.5, 0.6) is 0 Å². The van der Waals surface area contributed by atoms with Crippen LogP contribution >= 0.6 is 31.9 Å². The zero-order valence-electron chi connectivity index (χ0n) is 16.6. The van der Waals surface area contributed by atoms with E-state index in [9.17, 15) is 0 Å². The normalized spacial score (nSPS) is 11.8. The van der Waals surface area contributed by atoms with Gasteiger partial charge >= 0.3 is 0 Å². The van der Waals surface area contributed by atoms with Crippen LogP contribution in [0.25, 0.3) is 10.9 Å². The van der Waals surface area contributed by atoms with Crippen LogP contribution in [-0.2, 0) is 5.54 Å². The molecular weight excluding hydrogens is 514 g/mol. The van der Waals surface area contributed by atoms with Crippen LogP contribution in [-0.4, -0.2) is 14.8 Å². The Bertz CT molecular complexity index is 1200. The number of pyridine rings is 1. The first kappa shape index (κ1) is 20.2. The SMILES string of the molecule is BrC(Br)c1nn(C(c2ccccc2)(c2ccccc2)c2ccccc2)c2ccncc12. The largest absolute Gasteiger partial charge is 0.264 e. The summed E-state index contributed by atoms with van der Waals surface area (Å²) in [5.74, 6) is 0. The van der Waals surface area contributed by atoms with E-state index in [2.05, 4.69) is 114 Å². The Morgan fingerprint density at radius 2 is 1.16 bits per heavy atom. The van der Waals surface area contributed by atoms with E-state index >= 15 is 0 Å². The second kappa shape index (κ2) is 8.40. The lowest BCUT2D eigenvalue weighted by atomic mass is 9.77. The number of hydrogen-bond acceptors (Lipinski definition) is 2. The lowest BCUT2D eigenvalue weighted by molar-refractivity contribution is 0.473. The minimum atomic E-state index is -0.656. The van der Waals surface area contributed by atoms with E-state index in [1.165, 1.54) is 0 Å². The zero-order chi connectivity index (χ0) is 21.3. The quantitative estimate of drug-likeness (QED) is 0.179. The highest BCUT2D eigenvalue weighted by Gasteiger charge is 2.41. The van der Waals surface area contributed by atoms with E-state index in [1.54, 1.807) is 0 Å². The number of hydrogen-bond donors (Lipinski definition) is 0. The molecule has 5 rings (SSSR count). The van der Waals surface area contributed by atoms with E-state index in [0.29, 0.717) is 0 Å². The minimum Gasteiger partial charge on any atom is -0.264 e. The second-order valence-corrected chi connectivity index (χ2v) is 10.4. The molecule has 31 heavy (non-hydrogen) atoms. The van der Waals surface area contributed by atoms with Crippen molar-refractivity contribution in [1.29, 1.82) is 0 Å². The highest BCUT2D eigenvalue weighted by molar-refractivity contribution is 9.24. The van der Waals surface area contributed by atoms with Crippen molar-refractivity contribution >= 4 is 42.8 Å². The van der Waals surface area contributed by atoms with Crippen LogP contribution in [0.3, 0.4) is 0 Å². The van der Waals surface area contributed by atoms with Gasteiger partial charge in [0.05, 0.1) is 11.2 Å². The predicted octanol–water partition coefficient (Wildman–Crippen LogP) is 7.06. The van der Waals surface area contributed by atoms with Gasteiger partial charge in [0.25, 0.3) is 0 Å². The standard InChI is InChI=1S/C26H19Br2N3/c27-25(28)24-22-18-29-17-16-23(22)31(30-24)26(19-10-4-1-5-11-19,20-12-6-2-7-13-20)21-14-8-3-9-15-21/h1-18,25H. The van der Waals surface area contributed by atoms with Crippen LogP contribution in [0.1, 0.15) is 26.1 Å². The molecule has 0 fully saturated rings. The molecule has 0 aliphatic carbocycles. The topological polar surface area (TPSA) is 30.7 Å². The highest BCUT2D eigenvalue weighted by atomic mass is 79.9. The van der Waals surface area contributed by atoms with Gasteiger partial charge in [0.15, 0.2) is 0 Å². The number of aromatic nitrogens is 3. The van der Waals surface area contributed by atoms with E-state index in [1.807, 2.05) is 36.7 Å². The van der Waals surface area contributed by atoms with Gasteiger partial charge in [-0.15, -0.1) is 0 Å². The summed E-state index contributed by atoms with van der Waals surface area (Å²) in [6.45, 7) is 0. The Labute approximate surface area is 198 Å². The van der Waals surface area contributed by atoms with Crippen molar-refractivity contribution in [2.45, 2.75) is 9.28 Å². The van der Waals surface area contributed by atoms with Gasteiger partial charge in [-0.05, 0) is 22.8 Å². The van der Waals surface area contributed by atoms with Crippen LogP contribution in [0.15, 0.2) is 109 Å². The van der Waals surface area contributed by atoms with Gasteiger partial charge in [0.1, 0.15) is 9.28 Å². The number of benzene rings is 3. The first-order valence-corrected chi connectivity index (χ1v) is 11.8. The predicted molar refractivity (Wildman–Crippen MR) is 133 cm³/mol. The van der Waals surface area contributed by atoms with Crippen molar-refractivity contribution in [3.05, 3.63) is 132 Å². The summed E-state index contributed by atoms with van der Waals surface area (Å²) in [5.41, 5.74) is 4.68. The van der Waals surface area contributed by atoms with Crippen LogP contribution < -0.4 is 0 Å². The number of nitrogens with zero attached hydrogens (tertiary/aromatic N) is 3. The zero-order valence-corrected chi connectivity index (χ0v) is 19.7. The first-order valence-electron chi connectivity index (χ1n) is 10.0. The van der Waals surface area contributed by atoms with Crippen LogP contribution in [0, 0.1) is 0 Å². The average molecular weight is 533 g/mol. The first-order chi connectivity index (χ1) is 15.2. The fraction of sp³-hybridized carbons (Fsp3) is 0.0769. The summed E-state index contributed by atoms with van der Waals surface area (Å²) < 4.78 is 2.06. The molecule has 3 aromatic carbocycles. The maximum absolute atomic E-state index is 5.17. The van der Waals surface area contributed by atoms with E-state index < -0.39 is 5.54 Å². The van der Waals surface area contributed by atoms with Crippen molar-refractivity contribution in [3.63, 3.8) is 0 Å². The van der Waals surface area contributed by atoms with Gasteiger partial charge in [-0.2, -0.15) is 5.10 Å². The van der Waals surface area contributed by atoms with Crippen molar-refractivity contribution in [2.24, 2.45) is 0 Å². The molecule has 0 saturated heterocycles. The van der Waals surface area contributed by atoms with Crippen molar-refractivity contribution in [1.82, 2.24) is 14.8 Å². The molecular formula is C26H19Br2N3. The fourth-order valence-corrected chi connectivity index (χ4v) is 4.98. The van der Waals surface area contributed by atoms with Crippen molar-refractivity contribution < 1.29 is 0 Å². The van der Waals surface area contributed by atoms with Gasteiger partial charge in [-0.25, -0.2) is 4.68 Å². The fourth-order valence-electron chi connectivity index (χ4n) is 4.31. The molecule has 152 valence electrons. The number of rotatable bonds is 5. The molecule has 0 spiro atoms. The van der Waals surface area contributed by atoms with E-state index in [0.717, 1.165) is 33.3 Å². The summed E-state index contributed by atoms with van der Waals surface area (Å²) in [7, 11) is 0. The van der Waals surface area contributed by atoms with E-state index in [4.69, 9.17) is 5.10 Å². The van der Waals surface area contributed by atoms with Crippen molar-refractivity contribution in [2.75, 3.05) is 0 Å². The Kier molecular flexibility index (Phi) is 5.47. The Morgan fingerprint density at radius 3 is 1.61 bits per heavy atom. The van der Waals surface area contributed by atoms with E-state index in [-0.39, 0.29) is 3.74 Å². The second-order valence-electron chi connectivity index (χ2n) is 7.30. The molecule has 0 aliphatic heterocycles. The lowest BCUT2D eigenvalue weighted by Gasteiger charge is -2.37. The Balaban J connectivity index is 1.99. The minimum absolute atomic E-state index is 0.0898. The number of fused-ring (bicyclic) bond motifs is 1. The monoisotopic (exact) mass is 531 g/mol. The highest BCUT2D eigenvalue weighted by Crippen LogP contribution is 2.44. The molecule has 0 saturated carbocycles. The third kappa shape index (κ3) is 3.33. The summed E-state index contributed by atoms with van der Waals surface area (Å²) in [4.78, 5) is 4.37. The number of halogens is 2. The van der Waals surface area contributed by atoms with Crippen LogP contribution in [0.4, 0.5) is 0 Å². The maximum Gasteiger partial charge on any atom is 0.138 e. The lowest BCUT2D eigenvalue weighted by Crippen LogP contribution is -2.38. The van der Waals surface area contributed by atoms with Gasteiger partial charge < -0.3 is 0 Å². The third-order valence-corrected chi connectivity index (χ3v) is 6.48. The molecule has 5 aromatic rings. The van der Waals surface area contributed by atoms with Gasteiger partial charge in [-0.1, -0.05) is 123 Å². The van der Waals surface area contributed by atoms with Gasteiger partial charge in [0, 0.05) is 17.8 Å². The number of alkyl halides is 2. The Hall–Kier alpha value is -2.76. The average Bonchev–Trinajstić information content (AvgIpc) is 3.22. The Morgan fingerprint density at radius 1 is 0.677 bits per heavy atom. The molecule has 0 N–H and O–H groups in total. The summed E-state index contributed by atoms with van der Waals surface area (Å²) >= 11 is 7.33. The molecule has 0 amide bonds. The smallest absolute Gasteiger partial charge is 0.138 e. The maximum atomic E-state index is 5.17. The molecule has 3 nitrogen and oxygen atoms in total. The molecule has 0 bridgehead atoms. The van der Waals surface area contributed by atoms with Gasteiger partial charge in [0.2, 0.25) is 0 Å². The molecule has 0 atom stereocenters. The molecule has 2 heterocycles. The van der Waals surface area contributed by atoms with Crippen molar-refractivity contribution in [3.8, 4) is 0 Å². The molecule has 2 aromatic heterocycles. The summed E-state index contributed by atoms with van der Waals surface area (Å²) in [5, 5.41) is 6.18. The van der Waals surface area contributed by atoms with Crippen LogP contribution in [0.2, 0.25) is 0 Å². The third-order valence-electron chi connectivity index (χ3n) is 5.61. The molecule has 0 unspecified atom stereocenters. The van der Waals surface area contributed by atoms with Gasteiger partial charge in [-0.3, -0.25) is 4.98 Å². The summed E-state index contributed by atoms with van der Waals surface area (Å²) in [6.07, 6.45) is 3.71. The molecule has 5 heteroatoms.